The maximum absolute atomic E-state index is 5.10. The number of rotatable bonds is 0. The Bertz CT molecular complexity index is 1560. The quantitative estimate of drug-likeness (QED) is 0.155. The van der Waals surface area contributed by atoms with Crippen LogP contribution in [0.3, 0.4) is 0 Å². The van der Waals surface area contributed by atoms with E-state index in [0.29, 0.717) is 40.4 Å². The molecule has 6 heterocycles. The number of halogens is 4. The lowest BCUT2D eigenvalue weighted by Crippen LogP contribution is -2.30. The Hall–Kier alpha value is -1.76. The maximum Gasteiger partial charge on any atom is 0.171 e. The summed E-state index contributed by atoms with van der Waals surface area (Å²) in [6.45, 7) is 12.6. The van der Waals surface area contributed by atoms with Gasteiger partial charge in [0.15, 0.2) is 40.4 Å². The van der Waals surface area contributed by atoms with Crippen molar-refractivity contribution in [3.8, 4) is 0 Å². The molecule has 36 heavy (non-hydrogen) atoms. The second-order valence-corrected chi connectivity index (χ2v) is 14.2. The molecule has 0 radical (unpaired) electrons. The second-order valence-electron chi connectivity index (χ2n) is 10.8. The first-order valence-corrected chi connectivity index (χ1v) is 14.4. The highest BCUT2D eigenvalue weighted by atomic mass is 79.9. The van der Waals surface area contributed by atoms with Crippen LogP contribution in [-0.2, 0) is 10.8 Å². The molecule has 0 N–H and O–H groups in total. The molecule has 12 heteroatoms. The third-order valence-electron chi connectivity index (χ3n) is 5.92. The van der Waals surface area contributed by atoms with Crippen molar-refractivity contribution < 1.29 is 0 Å². The van der Waals surface area contributed by atoms with E-state index in [9.17, 15) is 0 Å². The molecule has 0 fully saturated rings. The average Bonchev–Trinajstić information content (AvgIpc) is 2.78. The number of fused-ring (bicyclic) bond motifs is 2. The zero-order chi connectivity index (χ0) is 25.9. The van der Waals surface area contributed by atoms with Gasteiger partial charge in [-0.05, 0) is 75.9 Å². The van der Waals surface area contributed by atoms with Gasteiger partial charge in [0.1, 0.15) is 16.9 Å². The Kier molecular flexibility index (Phi) is 5.37. The van der Waals surface area contributed by atoms with Gasteiger partial charge >= 0.3 is 0 Å². The van der Waals surface area contributed by atoms with E-state index >= 15 is 0 Å². The number of nitrogens with zero attached hydrogens (tertiary/aromatic N) is 8. The van der Waals surface area contributed by atoms with E-state index in [1.54, 1.807) is 0 Å². The molecule has 0 bridgehead atoms. The van der Waals surface area contributed by atoms with Crippen molar-refractivity contribution in [3.63, 3.8) is 0 Å². The lowest BCUT2D eigenvalue weighted by molar-refractivity contribution is 0.541. The highest BCUT2D eigenvalue weighted by Gasteiger charge is 2.38. The molecule has 0 saturated carbocycles. The number of hydrogen-bond acceptors (Lipinski definition) is 8. The topological polar surface area (TPSA) is 83.8 Å². The zero-order valence-electron chi connectivity index (χ0n) is 20.2. The van der Waals surface area contributed by atoms with E-state index in [2.05, 4.69) is 105 Å². The third kappa shape index (κ3) is 3.54. The summed E-state index contributed by atoms with van der Waals surface area (Å²) in [6, 6.07) is 3.92. The van der Waals surface area contributed by atoms with Crippen LogP contribution in [0.1, 0.15) is 53.2 Å². The van der Waals surface area contributed by atoms with Crippen molar-refractivity contribution in [1.29, 1.82) is 0 Å². The highest BCUT2D eigenvalue weighted by molar-refractivity contribution is 9.11. The summed E-state index contributed by atoms with van der Waals surface area (Å²) in [4.78, 5) is 33.9. The van der Waals surface area contributed by atoms with Crippen molar-refractivity contribution in [1.82, 2.24) is 29.9 Å². The highest BCUT2D eigenvalue weighted by Crippen LogP contribution is 2.50. The first-order chi connectivity index (χ1) is 16.8. The fourth-order valence-corrected chi connectivity index (χ4v) is 6.71. The van der Waals surface area contributed by atoms with Gasteiger partial charge in [0.05, 0.1) is 17.9 Å². The van der Waals surface area contributed by atoms with Gasteiger partial charge in [-0.2, -0.15) is 0 Å². The third-order valence-corrected chi connectivity index (χ3v) is 8.25. The maximum atomic E-state index is 5.10. The molecule has 0 amide bonds. The normalized spacial score (nSPS) is 14.3. The van der Waals surface area contributed by atoms with E-state index < -0.39 is 0 Å². The van der Waals surface area contributed by atoms with Crippen molar-refractivity contribution in [2.75, 3.05) is 9.80 Å². The predicted octanol–water partition coefficient (Wildman–Crippen LogP) is 7.99. The number of hydrogen-bond donors (Lipinski definition) is 0. The molecular formula is C24H20Br4N8. The minimum absolute atomic E-state index is 0.284. The first kappa shape index (κ1) is 24.6. The van der Waals surface area contributed by atoms with E-state index in [1.165, 1.54) is 0 Å². The van der Waals surface area contributed by atoms with Gasteiger partial charge in [-0.1, -0.05) is 41.5 Å². The lowest BCUT2D eigenvalue weighted by Gasteiger charge is -2.35. The summed E-state index contributed by atoms with van der Waals surface area (Å²) in [5.41, 5.74) is -0.0256. The van der Waals surface area contributed by atoms with Gasteiger partial charge in [-0.3, -0.25) is 9.80 Å². The molecule has 6 aliphatic rings. The van der Waals surface area contributed by atoms with Gasteiger partial charge in [0.25, 0.3) is 0 Å². The molecule has 6 rings (SSSR count). The summed E-state index contributed by atoms with van der Waals surface area (Å²) < 4.78 is 3.28. The Morgan fingerprint density at radius 2 is 0.806 bits per heavy atom. The van der Waals surface area contributed by atoms with Crippen LogP contribution in [0.4, 0.5) is 34.9 Å². The van der Waals surface area contributed by atoms with E-state index in [0.717, 1.165) is 34.7 Å². The Morgan fingerprint density at radius 1 is 0.500 bits per heavy atom. The van der Waals surface area contributed by atoms with Crippen molar-refractivity contribution in [2.45, 2.75) is 52.4 Å². The zero-order valence-corrected chi connectivity index (χ0v) is 26.6. The van der Waals surface area contributed by atoms with Gasteiger partial charge in [0, 0.05) is 10.8 Å². The van der Waals surface area contributed by atoms with Gasteiger partial charge in [-0.15, -0.1) is 0 Å². The van der Waals surface area contributed by atoms with Gasteiger partial charge < -0.3 is 0 Å². The van der Waals surface area contributed by atoms with Crippen LogP contribution in [-0.4, -0.2) is 29.9 Å². The summed E-state index contributed by atoms with van der Waals surface area (Å²) in [5, 5.41) is 0.732. The fraction of sp³-hybridized carbons (Fsp3) is 0.333. The van der Waals surface area contributed by atoms with Crippen molar-refractivity contribution in [2.24, 2.45) is 0 Å². The lowest BCUT2D eigenvalue weighted by atomic mass is 9.95. The summed E-state index contributed by atoms with van der Waals surface area (Å²) in [6.07, 6.45) is 0. The molecule has 0 aromatic carbocycles. The predicted molar refractivity (Wildman–Crippen MR) is 153 cm³/mol. The smallest absolute Gasteiger partial charge is 0.171 e. The van der Waals surface area contributed by atoms with Crippen molar-refractivity contribution >= 4 is 98.6 Å². The monoisotopic (exact) mass is 736 g/mol. The molecular weight excluding hydrogens is 720 g/mol. The molecule has 8 nitrogen and oxygen atoms in total. The fourth-order valence-electron chi connectivity index (χ4n) is 4.12. The van der Waals surface area contributed by atoms with Crippen LogP contribution >= 0.6 is 63.7 Å². The van der Waals surface area contributed by atoms with Gasteiger partial charge in [0.2, 0.25) is 0 Å². The minimum Gasteiger partial charge on any atom is -0.260 e. The number of aromatic nitrogens is 6. The largest absolute Gasteiger partial charge is 0.260 e. The standard InChI is InChI=1S/C24H20Br4N8/c1-23(2,3)21-31-17-11(27)7-9(25)15-29-14-13(19(33-21)35(15)17)20-34-22(24(4,5)6)32-18-12(28)8-10(26)16(30-14)36(18)20/h7-8H,1-6H3. The van der Waals surface area contributed by atoms with E-state index in [1.807, 2.05) is 21.9 Å². The molecule has 0 unspecified atom stereocenters. The summed E-state index contributed by atoms with van der Waals surface area (Å²) in [7, 11) is 0. The molecule has 0 spiro atoms. The van der Waals surface area contributed by atoms with E-state index in [-0.39, 0.29) is 10.8 Å². The van der Waals surface area contributed by atoms with Gasteiger partial charge in [-0.25, -0.2) is 29.9 Å². The Labute approximate surface area is 241 Å². The Balaban J connectivity index is 1.91. The van der Waals surface area contributed by atoms with Crippen LogP contribution in [0.25, 0.3) is 0 Å². The van der Waals surface area contributed by atoms with Crippen LogP contribution in [0.5, 0.6) is 0 Å². The van der Waals surface area contributed by atoms with Crippen molar-refractivity contribution in [3.05, 3.63) is 52.4 Å². The SMILES string of the molecule is CC(C)(C)c1nc2c(Br)cc(Br)c3nc4nc5c(Br)cc(Br)c6nc(C(C)(C)C)nc(c=4c(n1)N23)N65. The molecule has 0 aromatic rings. The summed E-state index contributed by atoms with van der Waals surface area (Å²) in [5.74, 6) is 5.61. The molecule has 184 valence electrons. The molecule has 0 atom stereocenters. The molecule has 0 aromatic heterocycles. The number of anilines is 6. The Morgan fingerprint density at radius 3 is 1.14 bits per heavy atom. The van der Waals surface area contributed by atoms with Crippen LogP contribution in [0.2, 0.25) is 0 Å². The van der Waals surface area contributed by atoms with Crippen LogP contribution < -0.4 is 9.80 Å². The first-order valence-electron chi connectivity index (χ1n) is 11.2. The molecule has 0 aliphatic carbocycles. The average molecular weight is 740 g/mol. The minimum atomic E-state index is -0.284. The molecule has 0 saturated heterocycles. The van der Waals surface area contributed by atoms with Crippen LogP contribution in [0, 0.1) is 10.7 Å². The van der Waals surface area contributed by atoms with E-state index in [4.69, 9.17) is 29.9 Å². The molecule has 6 aliphatic heterocycles. The van der Waals surface area contributed by atoms with Crippen LogP contribution in [0.15, 0.2) is 30.0 Å². The second kappa shape index (κ2) is 7.87. The summed E-state index contributed by atoms with van der Waals surface area (Å²) >= 11 is 14.8.